The molecule has 0 saturated carbocycles. The normalized spacial score (nSPS) is 37.5. The molecule has 0 radical (unpaired) electrons. The summed E-state index contributed by atoms with van der Waals surface area (Å²) in [7, 11) is -3.17. The van der Waals surface area contributed by atoms with Gasteiger partial charge in [-0.2, -0.15) is 0 Å². The van der Waals surface area contributed by atoms with Crippen LogP contribution in [-0.2, 0) is 14.6 Å². The smallest absolute Gasteiger partial charge is 0.305 e. The van der Waals surface area contributed by atoms with Crippen molar-refractivity contribution in [2.24, 2.45) is 5.73 Å². The van der Waals surface area contributed by atoms with E-state index < -0.39 is 26.6 Å². The topological polar surface area (TPSA) is 97.5 Å². The van der Waals surface area contributed by atoms with E-state index in [4.69, 9.17) is 10.8 Å². The van der Waals surface area contributed by atoms with Crippen molar-refractivity contribution in [2.75, 3.05) is 5.75 Å². The minimum Gasteiger partial charge on any atom is -0.481 e. The number of rotatable bonds is 2. The highest BCUT2D eigenvalue weighted by atomic mass is 32.2. The number of carbonyl (C=O) groups is 1. The summed E-state index contributed by atoms with van der Waals surface area (Å²) in [5, 5.41) is 7.80. The highest BCUT2D eigenvalue weighted by Gasteiger charge is 2.47. The first-order valence-corrected chi connectivity index (χ1v) is 5.72. The van der Waals surface area contributed by atoms with Gasteiger partial charge in [0.25, 0.3) is 0 Å². The third-order valence-corrected chi connectivity index (χ3v) is 5.00. The van der Waals surface area contributed by atoms with Crippen LogP contribution in [-0.4, -0.2) is 36.0 Å². The zero-order valence-electron chi connectivity index (χ0n) is 7.36. The van der Waals surface area contributed by atoms with Crippen LogP contribution in [0.3, 0.4) is 0 Å². The number of nitrogens with two attached hydrogens (primary N) is 1. The van der Waals surface area contributed by atoms with Crippen molar-refractivity contribution in [1.82, 2.24) is 0 Å². The summed E-state index contributed by atoms with van der Waals surface area (Å²) < 4.78 is 22.6. The van der Waals surface area contributed by atoms with Crippen LogP contribution in [0.2, 0.25) is 0 Å². The van der Waals surface area contributed by atoms with Crippen LogP contribution < -0.4 is 5.73 Å². The Hall–Kier alpha value is -0.620. The highest BCUT2D eigenvalue weighted by molar-refractivity contribution is 7.92. The standard InChI is InChI=1S/C7H13NO4S/c1-5-7(8,4-6(9)10)2-3-13(5,11)12/h5H,2-4,8H2,1H3,(H,9,10). The lowest BCUT2D eigenvalue weighted by molar-refractivity contribution is -0.138. The molecule has 5 nitrogen and oxygen atoms in total. The van der Waals surface area contributed by atoms with Gasteiger partial charge in [-0.25, -0.2) is 8.42 Å². The number of hydrogen-bond acceptors (Lipinski definition) is 4. The fourth-order valence-corrected chi connectivity index (χ4v) is 3.52. The van der Waals surface area contributed by atoms with Crippen molar-refractivity contribution in [3.05, 3.63) is 0 Å². The Bertz CT molecular complexity index is 323. The van der Waals surface area contributed by atoms with Crippen LogP contribution in [0, 0.1) is 0 Å². The maximum Gasteiger partial charge on any atom is 0.305 e. The van der Waals surface area contributed by atoms with E-state index in [1.54, 1.807) is 0 Å². The van der Waals surface area contributed by atoms with Crippen LogP contribution in [0.5, 0.6) is 0 Å². The fourth-order valence-electron chi connectivity index (χ4n) is 1.58. The third-order valence-electron chi connectivity index (χ3n) is 2.68. The average Bonchev–Trinajstić information content (AvgIpc) is 2.14. The molecule has 1 aliphatic heterocycles. The van der Waals surface area contributed by atoms with Crippen molar-refractivity contribution in [3.63, 3.8) is 0 Å². The molecule has 1 saturated heterocycles. The van der Waals surface area contributed by atoms with E-state index in [2.05, 4.69) is 0 Å². The Morgan fingerprint density at radius 2 is 2.23 bits per heavy atom. The van der Waals surface area contributed by atoms with Crippen molar-refractivity contribution in [1.29, 1.82) is 0 Å². The van der Waals surface area contributed by atoms with E-state index in [0.717, 1.165) is 0 Å². The maximum atomic E-state index is 11.3. The monoisotopic (exact) mass is 207 g/mol. The second-order valence-corrected chi connectivity index (χ2v) is 6.00. The molecular weight excluding hydrogens is 194 g/mol. The van der Waals surface area contributed by atoms with E-state index >= 15 is 0 Å². The van der Waals surface area contributed by atoms with Crippen molar-refractivity contribution in [2.45, 2.75) is 30.6 Å². The van der Waals surface area contributed by atoms with Crippen molar-refractivity contribution in [3.8, 4) is 0 Å². The lowest BCUT2D eigenvalue weighted by Crippen LogP contribution is -2.48. The van der Waals surface area contributed by atoms with Crippen molar-refractivity contribution < 1.29 is 18.3 Å². The van der Waals surface area contributed by atoms with E-state index in [1.165, 1.54) is 6.92 Å². The lowest BCUT2D eigenvalue weighted by atomic mass is 9.90. The first kappa shape index (κ1) is 10.5. The predicted molar refractivity (Wildman–Crippen MR) is 47.0 cm³/mol. The molecule has 0 aliphatic carbocycles. The summed E-state index contributed by atoms with van der Waals surface area (Å²) in [6.45, 7) is 1.48. The Morgan fingerprint density at radius 3 is 2.54 bits per heavy atom. The Labute approximate surface area is 76.8 Å². The molecule has 2 atom stereocenters. The Kier molecular flexibility index (Phi) is 2.38. The summed E-state index contributed by atoms with van der Waals surface area (Å²) in [5.41, 5.74) is 4.64. The molecule has 0 amide bonds. The Balaban J connectivity index is 2.90. The van der Waals surface area contributed by atoms with Gasteiger partial charge >= 0.3 is 5.97 Å². The molecule has 0 spiro atoms. The molecule has 1 aliphatic rings. The van der Waals surface area contributed by atoms with Gasteiger partial charge < -0.3 is 10.8 Å². The zero-order valence-corrected chi connectivity index (χ0v) is 8.17. The Morgan fingerprint density at radius 1 is 1.69 bits per heavy atom. The number of hydrogen-bond donors (Lipinski definition) is 2. The molecule has 0 bridgehead atoms. The molecule has 76 valence electrons. The number of aliphatic carboxylic acids is 1. The number of carboxylic acids is 1. The van der Waals surface area contributed by atoms with Gasteiger partial charge in [0.2, 0.25) is 0 Å². The van der Waals surface area contributed by atoms with Gasteiger partial charge in [-0.1, -0.05) is 0 Å². The van der Waals surface area contributed by atoms with Gasteiger partial charge in [0.1, 0.15) is 0 Å². The van der Waals surface area contributed by atoms with E-state index in [9.17, 15) is 13.2 Å². The van der Waals surface area contributed by atoms with Gasteiger partial charge in [-0.05, 0) is 13.3 Å². The van der Waals surface area contributed by atoms with E-state index in [-0.39, 0.29) is 18.6 Å². The van der Waals surface area contributed by atoms with E-state index in [1.807, 2.05) is 0 Å². The van der Waals surface area contributed by atoms with Crippen LogP contribution >= 0.6 is 0 Å². The largest absolute Gasteiger partial charge is 0.481 e. The molecule has 2 unspecified atom stereocenters. The third kappa shape index (κ3) is 1.83. The van der Waals surface area contributed by atoms with Crippen LogP contribution in [0.25, 0.3) is 0 Å². The van der Waals surface area contributed by atoms with E-state index in [0.29, 0.717) is 0 Å². The molecule has 0 aromatic carbocycles. The maximum absolute atomic E-state index is 11.3. The molecule has 0 aromatic heterocycles. The summed E-state index contributed by atoms with van der Waals surface area (Å²) in [5.74, 6) is -1.05. The predicted octanol–water partition coefficient (Wildman–Crippen LogP) is -0.634. The lowest BCUT2D eigenvalue weighted by Gasteiger charge is -2.25. The van der Waals surface area contributed by atoms with Gasteiger partial charge in [0, 0.05) is 5.54 Å². The molecule has 13 heavy (non-hydrogen) atoms. The zero-order chi connectivity index (χ0) is 10.3. The molecular formula is C7H13NO4S. The quantitative estimate of drug-likeness (QED) is 0.628. The van der Waals surface area contributed by atoms with Crippen LogP contribution in [0.15, 0.2) is 0 Å². The first-order valence-electron chi connectivity index (χ1n) is 4.00. The van der Waals surface area contributed by atoms with Gasteiger partial charge in [-0.3, -0.25) is 4.79 Å². The van der Waals surface area contributed by atoms with Gasteiger partial charge in [0.05, 0.1) is 17.4 Å². The molecule has 1 rings (SSSR count). The molecule has 3 N–H and O–H groups in total. The summed E-state index contributed by atoms with van der Waals surface area (Å²) >= 11 is 0. The minimum atomic E-state index is -3.17. The molecule has 1 heterocycles. The average molecular weight is 207 g/mol. The molecule has 1 fully saturated rings. The van der Waals surface area contributed by atoms with Gasteiger partial charge in [-0.15, -0.1) is 0 Å². The van der Waals surface area contributed by atoms with Gasteiger partial charge in [0.15, 0.2) is 9.84 Å². The molecule has 0 aromatic rings. The number of carboxylic acid groups (broad SMARTS) is 1. The summed E-state index contributed by atoms with van der Waals surface area (Å²) in [4.78, 5) is 10.4. The van der Waals surface area contributed by atoms with Crippen LogP contribution in [0.1, 0.15) is 19.8 Å². The first-order chi connectivity index (χ1) is 5.78. The SMILES string of the molecule is CC1C(N)(CC(=O)O)CCS1(=O)=O. The molecule has 6 heteroatoms. The minimum absolute atomic E-state index is 0.00204. The number of sulfone groups is 1. The fraction of sp³-hybridized carbons (Fsp3) is 0.857. The second kappa shape index (κ2) is 2.95. The highest BCUT2D eigenvalue weighted by Crippen LogP contribution is 2.31. The summed E-state index contributed by atoms with van der Waals surface area (Å²) in [6.07, 6.45) is -0.0454. The van der Waals surface area contributed by atoms with Crippen LogP contribution in [0.4, 0.5) is 0 Å². The van der Waals surface area contributed by atoms with Crippen molar-refractivity contribution >= 4 is 15.8 Å². The second-order valence-electron chi connectivity index (χ2n) is 3.56. The summed E-state index contributed by atoms with van der Waals surface area (Å²) in [6, 6.07) is 0.